The van der Waals surface area contributed by atoms with Crippen LogP contribution in [-0.2, 0) is 0 Å². The average molecular weight is 262 g/mol. The highest BCUT2D eigenvalue weighted by Crippen LogP contribution is 2.36. The van der Waals surface area contributed by atoms with Crippen LogP contribution in [0.5, 0.6) is 5.75 Å². The van der Waals surface area contributed by atoms with Gasteiger partial charge in [-0.15, -0.1) is 0 Å². The Balaban J connectivity index is 2.39. The lowest BCUT2D eigenvalue weighted by molar-refractivity contribution is 0.486. The van der Waals surface area contributed by atoms with Gasteiger partial charge in [-0.25, -0.2) is 4.79 Å². The van der Waals surface area contributed by atoms with Gasteiger partial charge in [-0.05, 0) is 17.5 Å². The number of aromatic hydroxyl groups is 1. The lowest BCUT2D eigenvalue weighted by atomic mass is 10.0. The number of hydrogen-bond acceptors (Lipinski definition) is 3. The van der Waals surface area contributed by atoms with Crippen LogP contribution in [0.2, 0.25) is 0 Å². The van der Waals surface area contributed by atoms with Crippen molar-refractivity contribution in [1.29, 1.82) is 0 Å². The van der Waals surface area contributed by atoms with E-state index in [0.717, 1.165) is 10.8 Å². The van der Waals surface area contributed by atoms with Crippen LogP contribution < -0.4 is 5.63 Å². The molecule has 0 aliphatic rings. The summed E-state index contributed by atoms with van der Waals surface area (Å²) in [7, 11) is 0. The van der Waals surface area contributed by atoms with E-state index in [-0.39, 0.29) is 11.4 Å². The third-order valence-electron chi connectivity index (χ3n) is 3.60. The summed E-state index contributed by atoms with van der Waals surface area (Å²) in [5, 5.41) is 13.9. The SMILES string of the molecule is O=c1oc2cc3ccccc3c(O)c2c2ccccc12. The first kappa shape index (κ1) is 11.1. The molecule has 0 aliphatic carbocycles. The maximum absolute atomic E-state index is 12.0. The van der Waals surface area contributed by atoms with Crippen molar-refractivity contribution < 1.29 is 9.52 Å². The van der Waals surface area contributed by atoms with E-state index < -0.39 is 0 Å². The minimum Gasteiger partial charge on any atom is -0.507 e. The normalized spacial score (nSPS) is 11.4. The van der Waals surface area contributed by atoms with Gasteiger partial charge in [0.1, 0.15) is 11.3 Å². The molecule has 0 saturated heterocycles. The molecule has 0 amide bonds. The van der Waals surface area contributed by atoms with Gasteiger partial charge < -0.3 is 9.52 Å². The lowest BCUT2D eigenvalue weighted by Crippen LogP contribution is -1.99. The summed E-state index contributed by atoms with van der Waals surface area (Å²) < 4.78 is 5.35. The molecule has 96 valence electrons. The zero-order valence-electron chi connectivity index (χ0n) is 10.5. The predicted octanol–water partition coefficient (Wildman–Crippen LogP) is 3.81. The standard InChI is InChI=1S/C17H10O3/c18-16-11-6-2-1-5-10(11)9-14-15(16)12-7-3-4-8-13(12)17(19)20-14/h1-9,18H. The van der Waals surface area contributed by atoms with E-state index in [1.54, 1.807) is 18.2 Å². The van der Waals surface area contributed by atoms with Gasteiger partial charge in [0, 0.05) is 10.8 Å². The summed E-state index contributed by atoms with van der Waals surface area (Å²) in [4.78, 5) is 12.0. The Hall–Kier alpha value is -2.81. The summed E-state index contributed by atoms with van der Waals surface area (Å²) in [6.07, 6.45) is 0. The Bertz CT molecular complexity index is 1030. The highest BCUT2D eigenvalue weighted by atomic mass is 16.4. The second-order valence-electron chi connectivity index (χ2n) is 4.75. The third-order valence-corrected chi connectivity index (χ3v) is 3.60. The van der Waals surface area contributed by atoms with Crippen molar-refractivity contribution in [2.24, 2.45) is 0 Å². The predicted molar refractivity (Wildman–Crippen MR) is 79.2 cm³/mol. The van der Waals surface area contributed by atoms with E-state index in [4.69, 9.17) is 4.42 Å². The lowest BCUT2D eigenvalue weighted by Gasteiger charge is -2.07. The van der Waals surface area contributed by atoms with Crippen LogP contribution in [-0.4, -0.2) is 5.11 Å². The van der Waals surface area contributed by atoms with Gasteiger partial charge in [-0.3, -0.25) is 0 Å². The van der Waals surface area contributed by atoms with Gasteiger partial charge in [0.05, 0.1) is 10.8 Å². The van der Waals surface area contributed by atoms with Crippen LogP contribution in [0.15, 0.2) is 63.8 Å². The minimum absolute atomic E-state index is 0.151. The molecular formula is C17H10O3. The van der Waals surface area contributed by atoms with Crippen molar-refractivity contribution >= 4 is 32.5 Å². The van der Waals surface area contributed by atoms with E-state index in [1.807, 2.05) is 36.4 Å². The topological polar surface area (TPSA) is 50.4 Å². The van der Waals surface area contributed by atoms with Gasteiger partial charge in [0.2, 0.25) is 0 Å². The number of fused-ring (bicyclic) bond motifs is 4. The smallest absolute Gasteiger partial charge is 0.344 e. The first-order valence-corrected chi connectivity index (χ1v) is 6.32. The first-order valence-electron chi connectivity index (χ1n) is 6.32. The fourth-order valence-corrected chi connectivity index (χ4v) is 2.68. The van der Waals surface area contributed by atoms with Crippen LogP contribution in [0.1, 0.15) is 0 Å². The summed E-state index contributed by atoms with van der Waals surface area (Å²) in [6.45, 7) is 0. The van der Waals surface area contributed by atoms with E-state index in [0.29, 0.717) is 21.7 Å². The quantitative estimate of drug-likeness (QED) is 0.298. The molecule has 3 heteroatoms. The molecule has 1 N–H and O–H groups in total. The van der Waals surface area contributed by atoms with Gasteiger partial charge in [0.15, 0.2) is 0 Å². The van der Waals surface area contributed by atoms with E-state index in [9.17, 15) is 9.90 Å². The van der Waals surface area contributed by atoms with Gasteiger partial charge >= 0.3 is 5.63 Å². The summed E-state index contributed by atoms with van der Waals surface area (Å²) in [5.41, 5.74) is 0.0210. The van der Waals surface area contributed by atoms with E-state index >= 15 is 0 Å². The molecule has 4 rings (SSSR count). The van der Waals surface area contributed by atoms with Crippen molar-refractivity contribution in [3.8, 4) is 5.75 Å². The first-order chi connectivity index (χ1) is 9.75. The second-order valence-corrected chi connectivity index (χ2v) is 4.75. The molecule has 0 aliphatic heterocycles. The Morgan fingerprint density at radius 2 is 1.50 bits per heavy atom. The van der Waals surface area contributed by atoms with Crippen LogP contribution >= 0.6 is 0 Å². The molecule has 3 aromatic carbocycles. The summed E-state index contributed by atoms with van der Waals surface area (Å²) >= 11 is 0. The monoisotopic (exact) mass is 262 g/mol. The van der Waals surface area contributed by atoms with Gasteiger partial charge in [-0.2, -0.15) is 0 Å². The molecule has 0 spiro atoms. The van der Waals surface area contributed by atoms with Gasteiger partial charge in [-0.1, -0.05) is 42.5 Å². The Kier molecular flexibility index (Phi) is 2.12. The van der Waals surface area contributed by atoms with Crippen molar-refractivity contribution in [2.45, 2.75) is 0 Å². The molecule has 0 unspecified atom stereocenters. The molecule has 4 aromatic rings. The van der Waals surface area contributed by atoms with Crippen molar-refractivity contribution in [3.05, 3.63) is 65.0 Å². The zero-order chi connectivity index (χ0) is 13.7. The fourth-order valence-electron chi connectivity index (χ4n) is 2.68. The molecule has 1 heterocycles. The molecular weight excluding hydrogens is 252 g/mol. The number of phenols is 1. The largest absolute Gasteiger partial charge is 0.507 e. The summed E-state index contributed by atoms with van der Waals surface area (Å²) in [6, 6.07) is 16.4. The van der Waals surface area contributed by atoms with Crippen molar-refractivity contribution in [2.75, 3.05) is 0 Å². The highest BCUT2D eigenvalue weighted by Gasteiger charge is 2.13. The Morgan fingerprint density at radius 3 is 2.30 bits per heavy atom. The van der Waals surface area contributed by atoms with Crippen molar-refractivity contribution in [1.82, 2.24) is 0 Å². The molecule has 0 fully saturated rings. The van der Waals surface area contributed by atoms with E-state index in [2.05, 4.69) is 0 Å². The molecule has 0 saturated carbocycles. The number of rotatable bonds is 0. The third kappa shape index (κ3) is 1.37. The van der Waals surface area contributed by atoms with Crippen molar-refractivity contribution in [3.63, 3.8) is 0 Å². The molecule has 0 atom stereocenters. The van der Waals surface area contributed by atoms with Gasteiger partial charge in [0.25, 0.3) is 0 Å². The maximum Gasteiger partial charge on any atom is 0.344 e. The second kappa shape index (κ2) is 3.84. The fraction of sp³-hybridized carbons (Fsp3) is 0. The Labute approximate surface area is 113 Å². The Morgan fingerprint density at radius 1 is 0.850 bits per heavy atom. The van der Waals surface area contributed by atoms with Crippen LogP contribution in [0.4, 0.5) is 0 Å². The number of hydrogen-bond donors (Lipinski definition) is 1. The molecule has 3 nitrogen and oxygen atoms in total. The molecule has 1 aromatic heterocycles. The van der Waals surface area contributed by atoms with Crippen LogP contribution in [0.3, 0.4) is 0 Å². The maximum atomic E-state index is 12.0. The van der Waals surface area contributed by atoms with Crippen LogP contribution in [0, 0.1) is 0 Å². The average Bonchev–Trinajstić information content (AvgIpc) is 2.47. The van der Waals surface area contributed by atoms with E-state index in [1.165, 1.54) is 0 Å². The number of phenolic OH excluding ortho intramolecular Hbond substituents is 1. The minimum atomic E-state index is -0.386. The van der Waals surface area contributed by atoms with Crippen LogP contribution in [0.25, 0.3) is 32.5 Å². The molecule has 20 heavy (non-hydrogen) atoms. The molecule has 0 bridgehead atoms. The summed E-state index contributed by atoms with van der Waals surface area (Å²) in [5.74, 6) is 0.151. The zero-order valence-corrected chi connectivity index (χ0v) is 10.5. The molecule has 0 radical (unpaired) electrons. The number of benzene rings is 3. The highest BCUT2D eigenvalue weighted by molar-refractivity contribution is 6.14.